The lowest BCUT2D eigenvalue weighted by Crippen LogP contribution is -2.41. The van der Waals surface area contributed by atoms with Crippen LogP contribution in [0, 0.1) is 5.82 Å². The Labute approximate surface area is 169 Å². The zero-order chi connectivity index (χ0) is 20.6. The summed E-state index contributed by atoms with van der Waals surface area (Å²) in [6.07, 6.45) is 0. The molecule has 0 aliphatic heterocycles. The van der Waals surface area contributed by atoms with Gasteiger partial charge in [0.15, 0.2) is 5.58 Å². The zero-order valence-corrected chi connectivity index (χ0v) is 16.7. The molecule has 2 heterocycles. The Hall–Kier alpha value is -3.34. The van der Waals surface area contributed by atoms with E-state index in [1.807, 2.05) is 61.7 Å². The van der Waals surface area contributed by atoms with Gasteiger partial charge in [-0.1, -0.05) is 30.3 Å². The normalized spacial score (nSPS) is 11.7. The highest BCUT2D eigenvalue weighted by Crippen LogP contribution is 2.31. The molecular formula is C24H23FN2O2. The Morgan fingerprint density at radius 1 is 1.03 bits per heavy atom. The number of nitrogens with one attached hydrogen (secondary N) is 1. The Bertz CT molecular complexity index is 1150. The zero-order valence-electron chi connectivity index (χ0n) is 16.7. The van der Waals surface area contributed by atoms with E-state index in [0.717, 1.165) is 16.6 Å². The first-order valence-electron chi connectivity index (χ1n) is 9.56. The Balaban J connectivity index is 1.80. The summed E-state index contributed by atoms with van der Waals surface area (Å²) in [5, 5.41) is 3.02. The van der Waals surface area contributed by atoms with Crippen LogP contribution in [0.4, 0.5) is 4.39 Å². The number of nitrogens with zero attached hydrogens (tertiary/aromatic N) is 1. The van der Waals surface area contributed by atoms with E-state index in [1.54, 1.807) is 18.2 Å². The average molecular weight is 390 g/mol. The van der Waals surface area contributed by atoms with Gasteiger partial charge in [0.05, 0.1) is 5.52 Å². The van der Waals surface area contributed by atoms with Gasteiger partial charge in [0, 0.05) is 29.8 Å². The summed E-state index contributed by atoms with van der Waals surface area (Å²) in [5.74, 6) is 0.197. The van der Waals surface area contributed by atoms with Crippen molar-refractivity contribution in [2.75, 3.05) is 0 Å². The van der Waals surface area contributed by atoms with Gasteiger partial charge in [0.1, 0.15) is 17.3 Å². The highest BCUT2D eigenvalue weighted by Gasteiger charge is 2.23. The van der Waals surface area contributed by atoms with Crippen molar-refractivity contribution >= 4 is 17.0 Å². The number of carbonyl (C=O) groups is 1. The molecule has 4 nitrogen and oxygen atoms in total. The molecule has 4 rings (SSSR count). The van der Waals surface area contributed by atoms with Gasteiger partial charge >= 0.3 is 0 Å². The molecule has 29 heavy (non-hydrogen) atoms. The second kappa shape index (κ2) is 7.24. The summed E-state index contributed by atoms with van der Waals surface area (Å²) in [5.41, 5.74) is 3.52. The Morgan fingerprint density at radius 3 is 2.38 bits per heavy atom. The lowest BCUT2D eigenvalue weighted by molar-refractivity contribution is 0.0911. The van der Waals surface area contributed by atoms with Gasteiger partial charge in [-0.3, -0.25) is 4.79 Å². The van der Waals surface area contributed by atoms with Crippen LogP contribution in [0.5, 0.6) is 0 Å². The smallest absolute Gasteiger partial charge is 0.268 e. The monoisotopic (exact) mass is 390 g/mol. The maximum absolute atomic E-state index is 13.3. The van der Waals surface area contributed by atoms with Gasteiger partial charge in [0.2, 0.25) is 0 Å². The predicted octanol–water partition coefficient (Wildman–Crippen LogP) is 5.62. The van der Waals surface area contributed by atoms with E-state index in [2.05, 4.69) is 5.32 Å². The molecular weight excluding hydrogens is 367 g/mol. The second-order valence-electron chi connectivity index (χ2n) is 8.17. The minimum atomic E-state index is -0.348. The maximum Gasteiger partial charge on any atom is 0.268 e. The molecule has 1 amide bonds. The van der Waals surface area contributed by atoms with E-state index in [9.17, 15) is 9.18 Å². The summed E-state index contributed by atoms with van der Waals surface area (Å²) >= 11 is 0. The number of hydrogen-bond donors (Lipinski definition) is 1. The molecule has 4 aromatic rings. The van der Waals surface area contributed by atoms with E-state index in [4.69, 9.17) is 4.42 Å². The van der Waals surface area contributed by atoms with Crippen LogP contribution in [0.1, 0.15) is 36.8 Å². The van der Waals surface area contributed by atoms with E-state index >= 15 is 0 Å². The van der Waals surface area contributed by atoms with E-state index in [-0.39, 0.29) is 17.3 Å². The van der Waals surface area contributed by atoms with Crippen LogP contribution in [0.2, 0.25) is 0 Å². The number of furan rings is 1. The van der Waals surface area contributed by atoms with Gasteiger partial charge in [-0.2, -0.15) is 0 Å². The van der Waals surface area contributed by atoms with Crippen molar-refractivity contribution in [1.82, 2.24) is 9.88 Å². The first kappa shape index (κ1) is 19.0. The number of amides is 1. The molecule has 2 aromatic carbocycles. The number of benzene rings is 2. The fourth-order valence-electron chi connectivity index (χ4n) is 3.33. The topological polar surface area (TPSA) is 47.2 Å². The first-order valence-corrected chi connectivity index (χ1v) is 9.56. The lowest BCUT2D eigenvalue weighted by Gasteiger charge is -2.21. The van der Waals surface area contributed by atoms with Crippen LogP contribution in [-0.4, -0.2) is 16.0 Å². The molecule has 0 aliphatic rings. The standard InChI is InChI=1S/C24H23FN2O2/c1-24(2,3)26-23(28)20-14-22-19(27(20)15-16-7-5-4-6-8-16)13-21(29-22)17-9-11-18(25)12-10-17/h4-14H,15H2,1-3H3,(H,26,28). The molecule has 0 atom stereocenters. The third-order valence-corrected chi connectivity index (χ3v) is 4.62. The van der Waals surface area contributed by atoms with Crippen molar-refractivity contribution in [2.24, 2.45) is 0 Å². The summed E-state index contributed by atoms with van der Waals surface area (Å²) in [4.78, 5) is 12.9. The maximum atomic E-state index is 13.3. The molecule has 5 heteroatoms. The molecule has 148 valence electrons. The van der Waals surface area contributed by atoms with Crippen molar-refractivity contribution in [3.63, 3.8) is 0 Å². The van der Waals surface area contributed by atoms with Gasteiger partial charge in [-0.15, -0.1) is 0 Å². The predicted molar refractivity (Wildman–Crippen MR) is 112 cm³/mol. The van der Waals surface area contributed by atoms with E-state index in [0.29, 0.717) is 23.6 Å². The first-order chi connectivity index (χ1) is 13.8. The molecule has 2 aromatic heterocycles. The fourth-order valence-corrected chi connectivity index (χ4v) is 3.33. The number of halogens is 1. The largest absolute Gasteiger partial charge is 0.454 e. The quantitative estimate of drug-likeness (QED) is 0.492. The highest BCUT2D eigenvalue weighted by atomic mass is 19.1. The highest BCUT2D eigenvalue weighted by molar-refractivity contribution is 5.98. The lowest BCUT2D eigenvalue weighted by atomic mass is 10.1. The van der Waals surface area contributed by atoms with Gasteiger partial charge in [0.25, 0.3) is 5.91 Å². The third kappa shape index (κ3) is 4.09. The number of rotatable bonds is 4. The van der Waals surface area contributed by atoms with Gasteiger partial charge in [-0.05, 0) is 50.6 Å². The summed E-state index contributed by atoms with van der Waals surface area (Å²) in [7, 11) is 0. The molecule has 1 N–H and O–H groups in total. The average Bonchev–Trinajstić information content (AvgIpc) is 3.21. The van der Waals surface area contributed by atoms with Crippen LogP contribution >= 0.6 is 0 Å². The molecule has 0 saturated carbocycles. The molecule has 0 radical (unpaired) electrons. The number of aromatic nitrogens is 1. The van der Waals surface area contributed by atoms with Crippen LogP contribution in [0.3, 0.4) is 0 Å². The Kier molecular flexibility index (Phi) is 4.74. The molecule has 0 aliphatic carbocycles. The van der Waals surface area contributed by atoms with Crippen molar-refractivity contribution in [1.29, 1.82) is 0 Å². The number of carbonyl (C=O) groups excluding carboxylic acids is 1. The number of fused-ring (bicyclic) bond motifs is 1. The molecule has 0 fully saturated rings. The Morgan fingerprint density at radius 2 is 1.72 bits per heavy atom. The van der Waals surface area contributed by atoms with Crippen LogP contribution in [0.25, 0.3) is 22.4 Å². The van der Waals surface area contributed by atoms with Crippen LogP contribution in [0.15, 0.2) is 71.1 Å². The van der Waals surface area contributed by atoms with Gasteiger partial charge < -0.3 is 14.3 Å². The number of hydrogen-bond acceptors (Lipinski definition) is 2. The van der Waals surface area contributed by atoms with E-state index < -0.39 is 0 Å². The summed E-state index contributed by atoms with van der Waals surface area (Å²) in [6, 6.07) is 19.8. The third-order valence-electron chi connectivity index (χ3n) is 4.62. The minimum absolute atomic E-state index is 0.150. The van der Waals surface area contributed by atoms with Crippen molar-refractivity contribution in [3.05, 3.63) is 83.8 Å². The SMILES string of the molecule is CC(C)(C)NC(=O)c1cc2oc(-c3ccc(F)cc3)cc2n1Cc1ccccc1. The molecule has 0 saturated heterocycles. The van der Waals surface area contributed by atoms with Crippen molar-refractivity contribution < 1.29 is 13.6 Å². The van der Waals surface area contributed by atoms with Crippen LogP contribution < -0.4 is 5.32 Å². The molecule has 0 spiro atoms. The van der Waals surface area contributed by atoms with Crippen LogP contribution in [-0.2, 0) is 6.54 Å². The summed E-state index contributed by atoms with van der Waals surface area (Å²) in [6.45, 7) is 6.39. The van der Waals surface area contributed by atoms with E-state index in [1.165, 1.54) is 12.1 Å². The summed E-state index contributed by atoms with van der Waals surface area (Å²) < 4.78 is 21.2. The van der Waals surface area contributed by atoms with Gasteiger partial charge in [-0.25, -0.2) is 4.39 Å². The van der Waals surface area contributed by atoms with Crippen molar-refractivity contribution in [3.8, 4) is 11.3 Å². The molecule has 0 bridgehead atoms. The fraction of sp³-hybridized carbons (Fsp3) is 0.208. The second-order valence-corrected chi connectivity index (χ2v) is 8.17. The van der Waals surface area contributed by atoms with Crippen molar-refractivity contribution in [2.45, 2.75) is 32.9 Å². The minimum Gasteiger partial charge on any atom is -0.454 e. The molecule has 0 unspecified atom stereocenters.